The van der Waals surface area contributed by atoms with Crippen molar-refractivity contribution in [3.8, 4) is 0 Å². The van der Waals surface area contributed by atoms with Crippen LogP contribution in [0.5, 0.6) is 0 Å². The van der Waals surface area contributed by atoms with Crippen LogP contribution in [0.25, 0.3) is 10.9 Å². The number of fused-ring (bicyclic) bond motifs is 1. The Balaban J connectivity index is 1.60. The van der Waals surface area contributed by atoms with Crippen LogP contribution in [0, 0.1) is 0 Å². The van der Waals surface area contributed by atoms with Crippen molar-refractivity contribution in [3.63, 3.8) is 0 Å². The number of para-hydroxylation sites is 1. The van der Waals surface area contributed by atoms with E-state index in [1.807, 2.05) is 4.90 Å². The number of nitrogens with zero attached hydrogens (tertiary/aromatic N) is 3. The average molecular weight is 340 g/mol. The fourth-order valence-corrected chi connectivity index (χ4v) is 3.81. The molecule has 3 aromatic rings. The normalized spacial score (nSPS) is 17.6. The van der Waals surface area contributed by atoms with E-state index in [1.165, 1.54) is 16.5 Å². The number of aromatic nitrogens is 2. The Morgan fingerprint density at radius 1 is 1.25 bits per heavy atom. The van der Waals surface area contributed by atoms with Crippen LogP contribution >= 0.6 is 11.6 Å². The SMILES string of the molecule is Cn1cc(C2CCN(C(=O)c3cccnc3Cl)C2)c2ccccc21. The highest BCUT2D eigenvalue weighted by molar-refractivity contribution is 6.32. The molecule has 0 saturated carbocycles. The molecule has 4 nitrogen and oxygen atoms in total. The van der Waals surface area contributed by atoms with Crippen LogP contribution in [-0.4, -0.2) is 33.4 Å². The summed E-state index contributed by atoms with van der Waals surface area (Å²) in [4.78, 5) is 18.6. The number of aryl methyl sites for hydroxylation is 1. The van der Waals surface area contributed by atoms with Crippen molar-refractivity contribution in [3.05, 3.63) is 65.1 Å². The van der Waals surface area contributed by atoms with E-state index in [9.17, 15) is 4.79 Å². The van der Waals surface area contributed by atoms with Gasteiger partial charge in [0.2, 0.25) is 0 Å². The molecular weight excluding hydrogens is 322 g/mol. The first-order valence-corrected chi connectivity index (χ1v) is 8.46. The van der Waals surface area contributed by atoms with Gasteiger partial charge >= 0.3 is 0 Å². The fourth-order valence-electron chi connectivity index (χ4n) is 3.61. The number of carbonyl (C=O) groups excluding carboxylic acids is 1. The Bertz CT molecular complexity index is 918. The minimum Gasteiger partial charge on any atom is -0.350 e. The van der Waals surface area contributed by atoms with Crippen molar-refractivity contribution in [1.82, 2.24) is 14.5 Å². The molecular formula is C19H18ClN3O. The molecule has 1 amide bonds. The van der Waals surface area contributed by atoms with E-state index in [-0.39, 0.29) is 11.1 Å². The number of rotatable bonds is 2. The van der Waals surface area contributed by atoms with E-state index in [1.54, 1.807) is 18.3 Å². The first kappa shape index (κ1) is 15.2. The largest absolute Gasteiger partial charge is 0.350 e. The molecule has 0 spiro atoms. The molecule has 0 radical (unpaired) electrons. The smallest absolute Gasteiger partial charge is 0.257 e. The first-order chi connectivity index (χ1) is 11.6. The van der Waals surface area contributed by atoms with Gasteiger partial charge in [0, 0.05) is 49.4 Å². The maximum Gasteiger partial charge on any atom is 0.257 e. The number of likely N-dealkylation sites (tertiary alicyclic amines) is 1. The second kappa shape index (κ2) is 5.95. The molecule has 3 heterocycles. The molecule has 1 aromatic carbocycles. The fraction of sp³-hybridized carbons (Fsp3) is 0.263. The van der Waals surface area contributed by atoms with E-state index in [4.69, 9.17) is 11.6 Å². The summed E-state index contributed by atoms with van der Waals surface area (Å²) in [5, 5.41) is 1.55. The average Bonchev–Trinajstić information content (AvgIpc) is 3.20. The Morgan fingerprint density at radius 2 is 2.08 bits per heavy atom. The van der Waals surface area contributed by atoms with Gasteiger partial charge in [0.25, 0.3) is 5.91 Å². The molecule has 4 rings (SSSR count). The van der Waals surface area contributed by atoms with Gasteiger partial charge in [-0.15, -0.1) is 0 Å². The predicted molar refractivity (Wildman–Crippen MR) is 95.4 cm³/mol. The second-order valence-electron chi connectivity index (χ2n) is 6.29. The van der Waals surface area contributed by atoms with Crippen molar-refractivity contribution in [2.24, 2.45) is 7.05 Å². The van der Waals surface area contributed by atoms with Gasteiger partial charge in [-0.1, -0.05) is 29.8 Å². The Kier molecular flexibility index (Phi) is 3.77. The lowest BCUT2D eigenvalue weighted by molar-refractivity contribution is 0.0790. The highest BCUT2D eigenvalue weighted by Gasteiger charge is 2.30. The van der Waals surface area contributed by atoms with Crippen LogP contribution in [0.2, 0.25) is 5.15 Å². The third-order valence-corrected chi connectivity index (χ3v) is 5.13. The third kappa shape index (κ3) is 2.47. The van der Waals surface area contributed by atoms with Gasteiger partial charge in [0.05, 0.1) is 5.56 Å². The lowest BCUT2D eigenvalue weighted by atomic mass is 9.98. The molecule has 1 fully saturated rings. The zero-order chi connectivity index (χ0) is 16.7. The minimum absolute atomic E-state index is 0.0316. The molecule has 0 aliphatic carbocycles. The molecule has 1 unspecified atom stereocenters. The van der Waals surface area contributed by atoms with Crippen LogP contribution in [-0.2, 0) is 7.05 Å². The topological polar surface area (TPSA) is 38.1 Å². The quantitative estimate of drug-likeness (QED) is 0.665. The number of hydrogen-bond acceptors (Lipinski definition) is 2. The number of pyridine rings is 1. The molecule has 1 saturated heterocycles. The van der Waals surface area contributed by atoms with Gasteiger partial charge in [0.1, 0.15) is 5.15 Å². The molecule has 0 N–H and O–H groups in total. The van der Waals surface area contributed by atoms with E-state index < -0.39 is 0 Å². The maximum absolute atomic E-state index is 12.7. The maximum atomic E-state index is 12.7. The summed E-state index contributed by atoms with van der Waals surface area (Å²) in [7, 11) is 2.07. The highest BCUT2D eigenvalue weighted by Crippen LogP contribution is 2.34. The van der Waals surface area contributed by atoms with Crippen molar-refractivity contribution in [2.75, 3.05) is 13.1 Å². The summed E-state index contributed by atoms with van der Waals surface area (Å²) in [5.41, 5.74) is 3.03. The Morgan fingerprint density at radius 3 is 2.92 bits per heavy atom. The molecule has 2 aromatic heterocycles. The number of amides is 1. The Labute approximate surface area is 145 Å². The number of hydrogen-bond donors (Lipinski definition) is 0. The second-order valence-corrected chi connectivity index (χ2v) is 6.65. The van der Waals surface area contributed by atoms with Gasteiger partial charge in [-0.2, -0.15) is 0 Å². The van der Waals surface area contributed by atoms with Gasteiger partial charge in [-0.25, -0.2) is 4.98 Å². The predicted octanol–water partition coefficient (Wildman–Crippen LogP) is 3.86. The van der Waals surface area contributed by atoms with Gasteiger partial charge in [-0.3, -0.25) is 4.79 Å². The summed E-state index contributed by atoms with van der Waals surface area (Å²) in [6, 6.07) is 11.9. The van der Waals surface area contributed by atoms with Crippen LogP contribution in [0.1, 0.15) is 28.3 Å². The van der Waals surface area contributed by atoms with Crippen molar-refractivity contribution >= 4 is 28.4 Å². The van der Waals surface area contributed by atoms with E-state index >= 15 is 0 Å². The van der Waals surface area contributed by atoms with E-state index in [2.05, 4.69) is 47.1 Å². The summed E-state index contributed by atoms with van der Waals surface area (Å²) in [6.45, 7) is 1.47. The minimum atomic E-state index is -0.0316. The van der Waals surface area contributed by atoms with Crippen molar-refractivity contribution < 1.29 is 4.79 Å². The van der Waals surface area contributed by atoms with Crippen LogP contribution in [0.15, 0.2) is 48.8 Å². The van der Waals surface area contributed by atoms with Crippen LogP contribution < -0.4 is 0 Å². The van der Waals surface area contributed by atoms with Crippen molar-refractivity contribution in [1.29, 1.82) is 0 Å². The molecule has 122 valence electrons. The standard InChI is InChI=1S/C19H18ClN3O/c1-22-12-16(14-5-2-3-7-17(14)22)13-8-10-23(11-13)19(24)15-6-4-9-21-18(15)20/h2-7,9,12-13H,8,10-11H2,1H3. The summed E-state index contributed by atoms with van der Waals surface area (Å²) in [5.74, 6) is 0.325. The highest BCUT2D eigenvalue weighted by atomic mass is 35.5. The number of carbonyl (C=O) groups is 1. The Hall–Kier alpha value is -2.33. The molecule has 5 heteroatoms. The zero-order valence-electron chi connectivity index (χ0n) is 13.4. The molecule has 0 bridgehead atoms. The molecule has 24 heavy (non-hydrogen) atoms. The monoisotopic (exact) mass is 339 g/mol. The van der Waals surface area contributed by atoms with Gasteiger partial charge < -0.3 is 9.47 Å². The van der Waals surface area contributed by atoms with Gasteiger partial charge in [-0.05, 0) is 30.2 Å². The van der Waals surface area contributed by atoms with E-state index in [0.29, 0.717) is 11.5 Å². The lowest BCUT2D eigenvalue weighted by Gasteiger charge is -2.17. The van der Waals surface area contributed by atoms with Crippen molar-refractivity contribution in [2.45, 2.75) is 12.3 Å². The third-order valence-electron chi connectivity index (χ3n) is 4.83. The molecule has 1 atom stereocenters. The summed E-state index contributed by atoms with van der Waals surface area (Å²) in [6.07, 6.45) is 4.76. The molecule has 1 aliphatic heterocycles. The lowest BCUT2D eigenvalue weighted by Crippen LogP contribution is -2.28. The summed E-state index contributed by atoms with van der Waals surface area (Å²) < 4.78 is 2.16. The first-order valence-electron chi connectivity index (χ1n) is 8.09. The molecule has 1 aliphatic rings. The van der Waals surface area contributed by atoms with Crippen LogP contribution in [0.3, 0.4) is 0 Å². The van der Waals surface area contributed by atoms with Crippen LogP contribution in [0.4, 0.5) is 0 Å². The van der Waals surface area contributed by atoms with E-state index in [0.717, 1.165) is 19.5 Å². The number of halogens is 1. The van der Waals surface area contributed by atoms with Gasteiger partial charge in [0.15, 0.2) is 0 Å². The summed E-state index contributed by atoms with van der Waals surface area (Å²) >= 11 is 6.07. The number of benzene rings is 1. The zero-order valence-corrected chi connectivity index (χ0v) is 14.2.